The molecule has 1 aliphatic rings. The Hall–Kier alpha value is -0.300. The second kappa shape index (κ2) is 3.20. The second-order valence-corrected chi connectivity index (χ2v) is 3.40. The Morgan fingerprint density at radius 1 is 1.60 bits per heavy atom. The minimum atomic E-state index is -0.000602. The molecule has 2 atom stereocenters. The first-order chi connectivity index (χ1) is 4.70. The summed E-state index contributed by atoms with van der Waals surface area (Å²) in [5.74, 6) is 0.580. The van der Waals surface area contributed by atoms with Crippen molar-refractivity contribution in [2.24, 2.45) is 5.92 Å². The predicted molar refractivity (Wildman–Crippen MR) is 42.8 cm³/mol. The van der Waals surface area contributed by atoms with E-state index in [-0.39, 0.29) is 6.10 Å². The Kier molecular flexibility index (Phi) is 2.50. The highest BCUT2D eigenvalue weighted by molar-refractivity contribution is 4.91. The van der Waals surface area contributed by atoms with Crippen LogP contribution in [0.2, 0.25) is 0 Å². The van der Waals surface area contributed by atoms with Gasteiger partial charge in [0.1, 0.15) is 0 Å². The third kappa shape index (κ3) is 1.84. The SMILES string of the molecule is C=C(C)CCC1CCC1O. The second-order valence-electron chi connectivity index (χ2n) is 3.40. The molecule has 0 aromatic rings. The zero-order valence-electron chi connectivity index (χ0n) is 6.64. The van der Waals surface area contributed by atoms with Crippen LogP contribution in [0, 0.1) is 5.92 Å². The molecule has 1 rings (SSSR count). The molecule has 0 aliphatic heterocycles. The van der Waals surface area contributed by atoms with Gasteiger partial charge in [-0.25, -0.2) is 0 Å². The van der Waals surface area contributed by atoms with Gasteiger partial charge < -0.3 is 5.11 Å². The largest absolute Gasteiger partial charge is 0.393 e. The number of rotatable bonds is 3. The summed E-state index contributed by atoms with van der Waals surface area (Å²) in [6, 6.07) is 0. The summed E-state index contributed by atoms with van der Waals surface area (Å²) in [7, 11) is 0. The molecule has 0 heterocycles. The van der Waals surface area contributed by atoms with E-state index in [1.54, 1.807) is 0 Å². The van der Waals surface area contributed by atoms with Crippen molar-refractivity contribution in [3.05, 3.63) is 12.2 Å². The predicted octanol–water partition coefficient (Wildman–Crippen LogP) is 2.11. The summed E-state index contributed by atoms with van der Waals surface area (Å²) < 4.78 is 0. The van der Waals surface area contributed by atoms with Gasteiger partial charge in [-0.2, -0.15) is 0 Å². The summed E-state index contributed by atoms with van der Waals surface area (Å²) >= 11 is 0. The van der Waals surface area contributed by atoms with Crippen molar-refractivity contribution < 1.29 is 5.11 Å². The van der Waals surface area contributed by atoms with E-state index >= 15 is 0 Å². The smallest absolute Gasteiger partial charge is 0.0568 e. The van der Waals surface area contributed by atoms with E-state index < -0.39 is 0 Å². The average Bonchev–Trinajstić information content (AvgIpc) is 1.84. The Morgan fingerprint density at radius 3 is 2.60 bits per heavy atom. The van der Waals surface area contributed by atoms with E-state index in [4.69, 9.17) is 0 Å². The van der Waals surface area contributed by atoms with E-state index in [1.165, 1.54) is 12.0 Å². The normalized spacial score (nSPS) is 31.4. The fourth-order valence-corrected chi connectivity index (χ4v) is 1.32. The molecule has 0 amide bonds. The number of hydrogen-bond donors (Lipinski definition) is 1. The number of allylic oxidation sites excluding steroid dienone is 1. The van der Waals surface area contributed by atoms with E-state index in [9.17, 15) is 5.11 Å². The van der Waals surface area contributed by atoms with E-state index in [2.05, 4.69) is 6.58 Å². The molecule has 0 radical (unpaired) electrons. The molecule has 2 unspecified atom stereocenters. The van der Waals surface area contributed by atoms with Crippen molar-refractivity contribution in [3.63, 3.8) is 0 Å². The van der Waals surface area contributed by atoms with Crippen LogP contribution in [0.25, 0.3) is 0 Å². The standard InChI is InChI=1S/C9H16O/c1-7(2)3-4-8-5-6-9(8)10/h8-10H,1,3-6H2,2H3. The summed E-state index contributed by atoms with van der Waals surface area (Å²) in [5.41, 5.74) is 1.24. The van der Waals surface area contributed by atoms with Crippen molar-refractivity contribution in [2.75, 3.05) is 0 Å². The zero-order valence-corrected chi connectivity index (χ0v) is 6.64. The fourth-order valence-electron chi connectivity index (χ4n) is 1.32. The lowest BCUT2D eigenvalue weighted by Gasteiger charge is -2.32. The quantitative estimate of drug-likeness (QED) is 0.595. The summed E-state index contributed by atoms with van der Waals surface area (Å²) in [5, 5.41) is 9.19. The van der Waals surface area contributed by atoms with Crippen LogP contribution in [0.5, 0.6) is 0 Å². The number of aliphatic hydroxyl groups excluding tert-OH is 1. The van der Waals surface area contributed by atoms with Crippen LogP contribution in [0.1, 0.15) is 32.6 Å². The number of aliphatic hydroxyl groups is 1. The van der Waals surface area contributed by atoms with Gasteiger partial charge >= 0.3 is 0 Å². The highest BCUT2D eigenvalue weighted by Gasteiger charge is 2.27. The van der Waals surface area contributed by atoms with Crippen molar-refractivity contribution in [1.82, 2.24) is 0 Å². The lowest BCUT2D eigenvalue weighted by Crippen LogP contribution is -2.30. The first-order valence-electron chi connectivity index (χ1n) is 4.02. The summed E-state index contributed by atoms with van der Waals surface area (Å²) in [6.45, 7) is 5.88. The molecule has 0 spiro atoms. The van der Waals surface area contributed by atoms with Gasteiger partial charge in [-0.05, 0) is 38.5 Å². The highest BCUT2D eigenvalue weighted by Crippen LogP contribution is 2.31. The Bertz CT molecular complexity index is 129. The minimum Gasteiger partial charge on any atom is -0.393 e. The van der Waals surface area contributed by atoms with Gasteiger partial charge in [-0.1, -0.05) is 5.57 Å². The average molecular weight is 140 g/mol. The van der Waals surface area contributed by atoms with Gasteiger partial charge in [-0.15, -0.1) is 6.58 Å². The molecule has 0 bridgehead atoms. The van der Waals surface area contributed by atoms with Gasteiger partial charge in [0.25, 0.3) is 0 Å². The van der Waals surface area contributed by atoms with Crippen LogP contribution >= 0.6 is 0 Å². The molecular weight excluding hydrogens is 124 g/mol. The van der Waals surface area contributed by atoms with Crippen LogP contribution in [0.4, 0.5) is 0 Å². The van der Waals surface area contributed by atoms with E-state index in [1.807, 2.05) is 6.92 Å². The molecule has 1 N–H and O–H groups in total. The minimum absolute atomic E-state index is 0.000602. The van der Waals surface area contributed by atoms with Gasteiger partial charge in [-0.3, -0.25) is 0 Å². The van der Waals surface area contributed by atoms with E-state index in [0.29, 0.717) is 5.92 Å². The fraction of sp³-hybridized carbons (Fsp3) is 0.778. The molecule has 0 aromatic heterocycles. The van der Waals surface area contributed by atoms with Gasteiger partial charge in [0, 0.05) is 0 Å². The molecule has 1 nitrogen and oxygen atoms in total. The van der Waals surface area contributed by atoms with E-state index in [0.717, 1.165) is 19.3 Å². The van der Waals surface area contributed by atoms with Crippen molar-refractivity contribution in [3.8, 4) is 0 Å². The zero-order chi connectivity index (χ0) is 7.56. The van der Waals surface area contributed by atoms with Gasteiger partial charge in [0.2, 0.25) is 0 Å². The molecule has 0 saturated heterocycles. The van der Waals surface area contributed by atoms with Crippen LogP contribution in [-0.4, -0.2) is 11.2 Å². The summed E-state index contributed by atoms with van der Waals surface area (Å²) in [4.78, 5) is 0. The maximum atomic E-state index is 9.19. The Balaban J connectivity index is 2.08. The molecule has 1 heteroatoms. The monoisotopic (exact) mass is 140 g/mol. The maximum absolute atomic E-state index is 9.19. The third-order valence-electron chi connectivity index (χ3n) is 2.32. The van der Waals surface area contributed by atoms with Crippen LogP contribution in [-0.2, 0) is 0 Å². The molecule has 1 saturated carbocycles. The molecule has 58 valence electrons. The van der Waals surface area contributed by atoms with Crippen LogP contribution in [0.15, 0.2) is 12.2 Å². The molecule has 1 fully saturated rings. The van der Waals surface area contributed by atoms with Gasteiger partial charge in [0.05, 0.1) is 6.10 Å². The molecule has 1 aliphatic carbocycles. The van der Waals surface area contributed by atoms with Crippen LogP contribution < -0.4 is 0 Å². The first kappa shape index (κ1) is 7.80. The lowest BCUT2D eigenvalue weighted by atomic mass is 9.78. The molecular formula is C9H16O. The lowest BCUT2D eigenvalue weighted by molar-refractivity contribution is 0.0198. The summed E-state index contributed by atoms with van der Waals surface area (Å²) in [6.07, 6.45) is 4.45. The number of hydrogen-bond acceptors (Lipinski definition) is 1. The topological polar surface area (TPSA) is 20.2 Å². The molecule has 0 aromatic carbocycles. The van der Waals surface area contributed by atoms with Crippen molar-refractivity contribution in [1.29, 1.82) is 0 Å². The third-order valence-corrected chi connectivity index (χ3v) is 2.32. The highest BCUT2D eigenvalue weighted by atomic mass is 16.3. The maximum Gasteiger partial charge on any atom is 0.0568 e. The Labute approximate surface area is 62.8 Å². The Morgan fingerprint density at radius 2 is 2.30 bits per heavy atom. The first-order valence-corrected chi connectivity index (χ1v) is 4.02. The van der Waals surface area contributed by atoms with Crippen molar-refractivity contribution in [2.45, 2.75) is 38.7 Å². The van der Waals surface area contributed by atoms with Gasteiger partial charge in [0.15, 0.2) is 0 Å². The van der Waals surface area contributed by atoms with Crippen molar-refractivity contribution >= 4 is 0 Å². The van der Waals surface area contributed by atoms with Crippen LogP contribution in [0.3, 0.4) is 0 Å². The molecule has 10 heavy (non-hydrogen) atoms.